The van der Waals surface area contributed by atoms with E-state index in [9.17, 15) is 8.78 Å². The number of ether oxygens (including phenoxy) is 1. The first kappa shape index (κ1) is 10.8. The minimum absolute atomic E-state index is 0.254. The Balaban J connectivity index is 3.68. The Morgan fingerprint density at radius 1 is 1.18 bits per heavy atom. The van der Waals surface area contributed by atoms with Crippen LogP contribution in [-0.2, 0) is 4.74 Å². The van der Waals surface area contributed by atoms with E-state index in [2.05, 4.69) is 4.74 Å². The number of hydrogen-bond acceptors (Lipinski definition) is 1. The highest BCUT2D eigenvalue weighted by Gasteiger charge is 2.17. The molecule has 0 fully saturated rings. The molecule has 3 heteroatoms. The molecule has 0 bridgehead atoms. The zero-order chi connectivity index (χ0) is 8.85. The zero-order valence-corrected chi connectivity index (χ0v) is 7.31. The van der Waals surface area contributed by atoms with Gasteiger partial charge in [-0.15, -0.1) is 0 Å². The first-order valence-electron chi connectivity index (χ1n) is 4.05. The first-order valence-corrected chi connectivity index (χ1v) is 4.05. The van der Waals surface area contributed by atoms with E-state index in [1.54, 1.807) is 6.92 Å². The molecule has 0 aliphatic carbocycles. The second-order valence-corrected chi connectivity index (χ2v) is 2.68. The summed E-state index contributed by atoms with van der Waals surface area (Å²) in [5, 5.41) is 0. The minimum Gasteiger partial charge on any atom is -0.320 e. The van der Waals surface area contributed by atoms with Crippen LogP contribution in [-0.4, -0.2) is 12.7 Å². The molecule has 0 heterocycles. The van der Waals surface area contributed by atoms with Gasteiger partial charge in [-0.05, 0) is 12.8 Å². The molecular formula is C8H16F2O. The topological polar surface area (TPSA) is 9.23 Å². The van der Waals surface area contributed by atoms with Gasteiger partial charge in [0, 0.05) is 0 Å². The van der Waals surface area contributed by atoms with Crippen molar-refractivity contribution >= 4 is 0 Å². The summed E-state index contributed by atoms with van der Waals surface area (Å²) >= 11 is 0. The fourth-order valence-electron chi connectivity index (χ4n) is 1.23. The Bertz CT molecular complexity index is 92.1. The fourth-order valence-corrected chi connectivity index (χ4v) is 1.23. The summed E-state index contributed by atoms with van der Waals surface area (Å²) < 4.78 is 27.8. The fraction of sp³-hybridized carbons (Fsp3) is 1.00. The Hall–Kier alpha value is -0.180. The Kier molecular flexibility index (Phi) is 5.38. The molecule has 68 valence electrons. The van der Waals surface area contributed by atoms with Crippen LogP contribution in [0.2, 0.25) is 0 Å². The summed E-state index contributed by atoms with van der Waals surface area (Å²) in [7, 11) is 0. The molecule has 11 heavy (non-hydrogen) atoms. The highest BCUT2D eigenvalue weighted by molar-refractivity contribution is 4.62. The summed E-state index contributed by atoms with van der Waals surface area (Å²) in [5.41, 5.74) is 0. The van der Waals surface area contributed by atoms with E-state index >= 15 is 0 Å². The van der Waals surface area contributed by atoms with Crippen molar-refractivity contribution in [3.8, 4) is 0 Å². The zero-order valence-electron chi connectivity index (χ0n) is 7.31. The Labute approximate surface area is 66.7 Å². The summed E-state index contributed by atoms with van der Waals surface area (Å²) in [4.78, 5) is 0. The van der Waals surface area contributed by atoms with Crippen molar-refractivity contribution in [3.63, 3.8) is 0 Å². The van der Waals surface area contributed by atoms with Crippen LogP contribution < -0.4 is 0 Å². The predicted octanol–water partition coefficient (Wildman–Crippen LogP) is 3.05. The number of alkyl halides is 2. The molecule has 0 spiro atoms. The monoisotopic (exact) mass is 166 g/mol. The lowest BCUT2D eigenvalue weighted by atomic mass is 9.98. The molecule has 0 aromatic heterocycles. The van der Waals surface area contributed by atoms with E-state index in [0.717, 1.165) is 12.8 Å². The number of hydrogen-bond donors (Lipinski definition) is 0. The molecular weight excluding hydrogens is 150 g/mol. The maximum Gasteiger partial charge on any atom is 0.345 e. The van der Waals surface area contributed by atoms with E-state index in [1.807, 2.05) is 13.8 Å². The molecule has 0 aliphatic rings. The summed E-state index contributed by atoms with van der Waals surface area (Å²) in [5.74, 6) is 0.254. The quantitative estimate of drug-likeness (QED) is 0.610. The van der Waals surface area contributed by atoms with Crippen molar-refractivity contribution in [2.75, 3.05) is 0 Å². The van der Waals surface area contributed by atoms with Crippen molar-refractivity contribution in [1.29, 1.82) is 0 Å². The van der Waals surface area contributed by atoms with Crippen LogP contribution in [0.4, 0.5) is 8.78 Å². The average Bonchev–Trinajstić information content (AvgIpc) is 1.88. The molecule has 1 nitrogen and oxygen atoms in total. The van der Waals surface area contributed by atoms with Crippen LogP contribution in [0.25, 0.3) is 0 Å². The van der Waals surface area contributed by atoms with Crippen LogP contribution in [0, 0.1) is 5.92 Å². The SMILES string of the molecule is CCC(CC)C(C)OC(F)F. The third kappa shape index (κ3) is 4.30. The van der Waals surface area contributed by atoms with Gasteiger partial charge in [0.15, 0.2) is 0 Å². The third-order valence-corrected chi connectivity index (χ3v) is 2.03. The molecule has 0 saturated carbocycles. The lowest BCUT2D eigenvalue weighted by Gasteiger charge is -2.20. The van der Waals surface area contributed by atoms with Crippen molar-refractivity contribution in [2.24, 2.45) is 5.92 Å². The molecule has 0 aliphatic heterocycles. The molecule has 1 unspecified atom stereocenters. The van der Waals surface area contributed by atoms with Gasteiger partial charge in [0.05, 0.1) is 6.10 Å². The molecule has 0 saturated heterocycles. The highest BCUT2D eigenvalue weighted by Crippen LogP contribution is 2.17. The molecule has 0 N–H and O–H groups in total. The van der Waals surface area contributed by atoms with Gasteiger partial charge >= 0.3 is 6.61 Å². The molecule has 0 amide bonds. The molecule has 0 rings (SSSR count). The molecule has 0 radical (unpaired) electrons. The van der Waals surface area contributed by atoms with Crippen LogP contribution in [0.1, 0.15) is 33.6 Å². The smallest absolute Gasteiger partial charge is 0.320 e. The molecule has 0 aromatic carbocycles. The predicted molar refractivity (Wildman–Crippen MR) is 40.6 cm³/mol. The summed E-state index contributed by atoms with van der Waals surface area (Å²) in [6.07, 6.45) is 1.46. The van der Waals surface area contributed by atoms with Crippen LogP contribution in [0.3, 0.4) is 0 Å². The highest BCUT2D eigenvalue weighted by atomic mass is 19.3. The first-order chi connectivity index (χ1) is 5.11. The summed E-state index contributed by atoms with van der Waals surface area (Å²) in [6, 6.07) is 0. The van der Waals surface area contributed by atoms with Gasteiger partial charge in [0.1, 0.15) is 0 Å². The van der Waals surface area contributed by atoms with Crippen molar-refractivity contribution in [1.82, 2.24) is 0 Å². The van der Waals surface area contributed by atoms with E-state index in [-0.39, 0.29) is 12.0 Å². The van der Waals surface area contributed by atoms with Gasteiger partial charge in [-0.3, -0.25) is 0 Å². The van der Waals surface area contributed by atoms with E-state index in [4.69, 9.17) is 0 Å². The molecule has 1 atom stereocenters. The van der Waals surface area contributed by atoms with E-state index in [0.29, 0.717) is 0 Å². The van der Waals surface area contributed by atoms with Crippen LogP contribution in [0.15, 0.2) is 0 Å². The van der Waals surface area contributed by atoms with Gasteiger partial charge < -0.3 is 4.74 Å². The van der Waals surface area contributed by atoms with Crippen molar-refractivity contribution in [3.05, 3.63) is 0 Å². The third-order valence-electron chi connectivity index (χ3n) is 2.03. The second-order valence-electron chi connectivity index (χ2n) is 2.68. The van der Waals surface area contributed by atoms with Gasteiger partial charge in [-0.25, -0.2) is 0 Å². The van der Waals surface area contributed by atoms with E-state index in [1.165, 1.54) is 0 Å². The normalized spacial score (nSPS) is 14.5. The van der Waals surface area contributed by atoms with Crippen LogP contribution in [0.5, 0.6) is 0 Å². The lowest BCUT2D eigenvalue weighted by molar-refractivity contribution is -0.171. The van der Waals surface area contributed by atoms with Gasteiger partial charge in [0.25, 0.3) is 0 Å². The van der Waals surface area contributed by atoms with Gasteiger partial charge in [-0.1, -0.05) is 26.7 Å². The van der Waals surface area contributed by atoms with Crippen molar-refractivity contribution < 1.29 is 13.5 Å². The molecule has 0 aromatic rings. The van der Waals surface area contributed by atoms with Gasteiger partial charge in [-0.2, -0.15) is 8.78 Å². The standard InChI is InChI=1S/C8H16F2O/c1-4-7(5-2)6(3)11-8(9)10/h6-8H,4-5H2,1-3H3. The number of halogens is 2. The maximum atomic E-state index is 11.7. The minimum atomic E-state index is -2.63. The number of rotatable bonds is 5. The maximum absolute atomic E-state index is 11.7. The van der Waals surface area contributed by atoms with Crippen molar-refractivity contribution in [2.45, 2.75) is 46.3 Å². The summed E-state index contributed by atoms with van der Waals surface area (Å²) in [6.45, 7) is 3.04. The Morgan fingerprint density at radius 2 is 1.64 bits per heavy atom. The van der Waals surface area contributed by atoms with Gasteiger partial charge in [0.2, 0.25) is 0 Å². The Morgan fingerprint density at radius 3 is 1.91 bits per heavy atom. The second kappa shape index (κ2) is 5.47. The largest absolute Gasteiger partial charge is 0.345 e. The van der Waals surface area contributed by atoms with E-state index < -0.39 is 6.61 Å². The lowest BCUT2D eigenvalue weighted by Crippen LogP contribution is -2.21. The van der Waals surface area contributed by atoms with Crippen LogP contribution >= 0.6 is 0 Å². The average molecular weight is 166 g/mol.